The van der Waals surface area contributed by atoms with Crippen LogP contribution < -0.4 is 11.2 Å². The van der Waals surface area contributed by atoms with Gasteiger partial charge in [-0.15, -0.1) is 0 Å². The first kappa shape index (κ1) is 11.2. The molecular formula is C5H9F3N2O2. The van der Waals surface area contributed by atoms with Crippen LogP contribution in [0, 0.1) is 0 Å². The van der Waals surface area contributed by atoms with E-state index in [0.29, 0.717) is 0 Å². The normalized spacial score (nSPS) is 14.1. The van der Waals surface area contributed by atoms with Gasteiger partial charge in [-0.1, -0.05) is 0 Å². The van der Waals surface area contributed by atoms with E-state index in [9.17, 15) is 18.0 Å². The number of amides is 1. The van der Waals surface area contributed by atoms with E-state index in [1.54, 1.807) is 5.48 Å². The third kappa shape index (κ3) is 5.93. The minimum atomic E-state index is -4.45. The summed E-state index contributed by atoms with van der Waals surface area (Å²) in [5.74, 6) is -0.792. The lowest BCUT2D eigenvalue weighted by Gasteiger charge is -2.09. The van der Waals surface area contributed by atoms with E-state index in [2.05, 4.69) is 4.84 Å². The summed E-state index contributed by atoms with van der Waals surface area (Å²) in [7, 11) is 0. The van der Waals surface area contributed by atoms with Crippen LogP contribution in [0.2, 0.25) is 0 Å². The number of hydrogen-bond acceptors (Lipinski definition) is 3. The third-order valence-electron chi connectivity index (χ3n) is 0.822. The highest BCUT2D eigenvalue weighted by molar-refractivity contribution is 5.79. The fraction of sp³-hybridized carbons (Fsp3) is 0.800. The smallest absolute Gasteiger partial charge is 0.320 e. The lowest BCUT2D eigenvalue weighted by molar-refractivity contribution is -0.192. The Morgan fingerprint density at radius 3 is 2.50 bits per heavy atom. The molecule has 0 unspecified atom stereocenters. The minimum absolute atomic E-state index is 0.792. The molecule has 0 aliphatic heterocycles. The van der Waals surface area contributed by atoms with E-state index >= 15 is 0 Å². The third-order valence-corrected chi connectivity index (χ3v) is 0.822. The quantitative estimate of drug-likeness (QED) is 0.607. The average molecular weight is 186 g/mol. The van der Waals surface area contributed by atoms with Crippen molar-refractivity contribution in [1.29, 1.82) is 0 Å². The van der Waals surface area contributed by atoms with E-state index in [1.807, 2.05) is 0 Å². The topological polar surface area (TPSA) is 64.4 Å². The Kier molecular flexibility index (Phi) is 3.98. The van der Waals surface area contributed by atoms with E-state index in [0.717, 1.165) is 0 Å². The van der Waals surface area contributed by atoms with Crippen LogP contribution in [-0.4, -0.2) is 24.7 Å². The molecule has 0 aliphatic carbocycles. The maximum absolute atomic E-state index is 11.4. The molecule has 0 aromatic heterocycles. The number of halogens is 3. The Morgan fingerprint density at radius 1 is 1.67 bits per heavy atom. The number of carbonyl (C=O) groups is 1. The summed E-state index contributed by atoms with van der Waals surface area (Å²) in [6, 6.07) is -0.891. The zero-order valence-electron chi connectivity index (χ0n) is 6.31. The fourth-order valence-corrected chi connectivity index (χ4v) is 0.282. The Labute approximate surface area is 66.8 Å². The summed E-state index contributed by atoms with van der Waals surface area (Å²) >= 11 is 0. The molecule has 0 saturated carbocycles. The summed E-state index contributed by atoms with van der Waals surface area (Å²) in [4.78, 5) is 14.3. The molecule has 4 nitrogen and oxygen atoms in total. The largest absolute Gasteiger partial charge is 0.414 e. The van der Waals surface area contributed by atoms with Crippen LogP contribution in [0.3, 0.4) is 0 Å². The van der Waals surface area contributed by atoms with Gasteiger partial charge in [0.1, 0.15) is 0 Å². The first-order chi connectivity index (χ1) is 5.33. The number of carbonyl (C=O) groups excluding carboxylic acids is 1. The predicted octanol–water partition coefficient (Wildman–Crippen LogP) is -0.0563. The van der Waals surface area contributed by atoms with E-state index in [1.165, 1.54) is 6.92 Å². The molecule has 1 atom stereocenters. The lowest BCUT2D eigenvalue weighted by atomic mass is 10.4. The number of hydroxylamine groups is 1. The van der Waals surface area contributed by atoms with Gasteiger partial charge in [0.25, 0.3) is 5.91 Å². The van der Waals surface area contributed by atoms with E-state index < -0.39 is 24.7 Å². The molecule has 0 heterocycles. The molecule has 0 saturated heterocycles. The number of hydrogen-bond donors (Lipinski definition) is 2. The number of alkyl halides is 3. The van der Waals surface area contributed by atoms with Crippen molar-refractivity contribution in [3.8, 4) is 0 Å². The van der Waals surface area contributed by atoms with Gasteiger partial charge >= 0.3 is 6.18 Å². The number of rotatable bonds is 3. The van der Waals surface area contributed by atoms with Gasteiger partial charge in [0, 0.05) is 0 Å². The van der Waals surface area contributed by atoms with Crippen LogP contribution in [0.25, 0.3) is 0 Å². The Hall–Kier alpha value is -0.820. The van der Waals surface area contributed by atoms with Crippen molar-refractivity contribution in [2.75, 3.05) is 6.61 Å². The molecule has 0 radical (unpaired) electrons. The minimum Gasteiger partial charge on any atom is -0.320 e. The van der Waals surface area contributed by atoms with Crippen molar-refractivity contribution in [3.05, 3.63) is 0 Å². The average Bonchev–Trinajstić information content (AvgIpc) is 1.84. The van der Waals surface area contributed by atoms with Crippen LogP contribution in [0.15, 0.2) is 0 Å². The molecule has 0 fully saturated rings. The summed E-state index contributed by atoms with van der Waals surface area (Å²) < 4.78 is 34.2. The van der Waals surface area contributed by atoms with Gasteiger partial charge in [-0.2, -0.15) is 13.2 Å². The molecule has 0 rings (SSSR count). The van der Waals surface area contributed by atoms with Gasteiger partial charge in [0.2, 0.25) is 0 Å². The molecule has 7 heteroatoms. The summed E-state index contributed by atoms with van der Waals surface area (Å²) in [5, 5.41) is 0. The van der Waals surface area contributed by atoms with E-state index in [-0.39, 0.29) is 0 Å². The molecule has 0 aromatic carbocycles. The maximum atomic E-state index is 11.4. The standard InChI is InChI=1S/C5H9F3N2O2/c1-3(9)4(11)10-12-2-5(6,7)8/h3H,2,9H2,1H3,(H,10,11)/t3-/m0/s1. The second kappa shape index (κ2) is 4.27. The summed E-state index contributed by atoms with van der Waals surface area (Å²) in [6.45, 7) is -0.197. The van der Waals surface area contributed by atoms with Crippen molar-refractivity contribution in [2.24, 2.45) is 5.73 Å². The molecular weight excluding hydrogens is 177 g/mol. The molecule has 1 amide bonds. The van der Waals surface area contributed by atoms with Gasteiger partial charge < -0.3 is 5.73 Å². The molecule has 3 N–H and O–H groups in total. The zero-order chi connectivity index (χ0) is 9.78. The molecule has 12 heavy (non-hydrogen) atoms. The Morgan fingerprint density at radius 2 is 2.17 bits per heavy atom. The van der Waals surface area contributed by atoms with Gasteiger partial charge in [-0.05, 0) is 6.92 Å². The summed E-state index contributed by atoms with van der Waals surface area (Å²) in [6.07, 6.45) is -4.45. The monoisotopic (exact) mass is 186 g/mol. The number of nitrogens with one attached hydrogen (secondary N) is 1. The van der Waals surface area contributed by atoms with Gasteiger partial charge in [0.05, 0.1) is 6.04 Å². The Bertz CT molecular complexity index is 157. The van der Waals surface area contributed by atoms with Gasteiger partial charge in [-0.3, -0.25) is 9.63 Å². The van der Waals surface area contributed by atoms with Gasteiger partial charge in [0.15, 0.2) is 6.61 Å². The highest BCUT2D eigenvalue weighted by Crippen LogP contribution is 2.13. The van der Waals surface area contributed by atoms with Crippen molar-refractivity contribution in [3.63, 3.8) is 0 Å². The second-order valence-corrected chi connectivity index (χ2v) is 2.16. The van der Waals surface area contributed by atoms with Crippen LogP contribution >= 0.6 is 0 Å². The highest BCUT2D eigenvalue weighted by Gasteiger charge is 2.28. The SMILES string of the molecule is C[C@H](N)C(=O)NOCC(F)(F)F. The molecule has 0 bridgehead atoms. The predicted molar refractivity (Wildman–Crippen MR) is 33.8 cm³/mol. The van der Waals surface area contributed by atoms with Crippen LogP contribution in [0.1, 0.15) is 6.92 Å². The fourth-order valence-electron chi connectivity index (χ4n) is 0.282. The molecule has 0 aliphatic rings. The van der Waals surface area contributed by atoms with Crippen molar-refractivity contribution in [2.45, 2.75) is 19.1 Å². The molecule has 0 spiro atoms. The van der Waals surface area contributed by atoms with Crippen molar-refractivity contribution < 1.29 is 22.8 Å². The van der Waals surface area contributed by atoms with Crippen molar-refractivity contribution >= 4 is 5.91 Å². The Balaban J connectivity index is 3.51. The summed E-state index contributed by atoms with van der Waals surface area (Å²) in [5.41, 5.74) is 6.57. The van der Waals surface area contributed by atoms with Crippen molar-refractivity contribution in [1.82, 2.24) is 5.48 Å². The van der Waals surface area contributed by atoms with Crippen LogP contribution in [0.5, 0.6) is 0 Å². The van der Waals surface area contributed by atoms with Crippen LogP contribution in [-0.2, 0) is 9.63 Å². The first-order valence-electron chi connectivity index (χ1n) is 3.07. The molecule has 0 aromatic rings. The zero-order valence-corrected chi connectivity index (χ0v) is 6.31. The first-order valence-corrected chi connectivity index (χ1v) is 3.07. The number of nitrogens with two attached hydrogens (primary N) is 1. The van der Waals surface area contributed by atoms with E-state index in [4.69, 9.17) is 5.73 Å². The lowest BCUT2D eigenvalue weighted by Crippen LogP contribution is -2.39. The maximum Gasteiger partial charge on any atom is 0.414 e. The van der Waals surface area contributed by atoms with Gasteiger partial charge in [-0.25, -0.2) is 5.48 Å². The second-order valence-electron chi connectivity index (χ2n) is 2.16. The molecule has 72 valence electrons. The highest BCUT2D eigenvalue weighted by atomic mass is 19.4. The van der Waals surface area contributed by atoms with Crippen LogP contribution in [0.4, 0.5) is 13.2 Å².